The van der Waals surface area contributed by atoms with E-state index in [2.05, 4.69) is 5.32 Å². The molecule has 0 fully saturated rings. The highest BCUT2D eigenvalue weighted by Crippen LogP contribution is 2.33. The molecule has 220 valence electrons. The molecule has 0 aliphatic heterocycles. The summed E-state index contributed by atoms with van der Waals surface area (Å²) >= 11 is 0. The van der Waals surface area contributed by atoms with Crippen molar-refractivity contribution < 1.29 is 27.5 Å². The highest BCUT2D eigenvalue weighted by molar-refractivity contribution is 7.92. The number of methoxy groups -OCH3 is 2. The summed E-state index contributed by atoms with van der Waals surface area (Å²) in [5.74, 6) is -0.175. The second-order valence-electron chi connectivity index (χ2n) is 9.70. The molecule has 0 aliphatic carbocycles. The number of hydrogen-bond acceptors (Lipinski definition) is 6. The van der Waals surface area contributed by atoms with Crippen LogP contribution in [-0.4, -0.2) is 58.5 Å². The Morgan fingerprint density at radius 1 is 0.878 bits per heavy atom. The average molecular weight is 582 g/mol. The van der Waals surface area contributed by atoms with Crippen molar-refractivity contribution in [3.8, 4) is 11.5 Å². The lowest BCUT2D eigenvalue weighted by molar-refractivity contribution is -0.140. The van der Waals surface area contributed by atoms with Crippen molar-refractivity contribution in [2.45, 2.75) is 51.6 Å². The molecule has 0 aliphatic rings. The van der Waals surface area contributed by atoms with Gasteiger partial charge in [0.1, 0.15) is 12.6 Å². The van der Waals surface area contributed by atoms with Crippen LogP contribution < -0.4 is 19.1 Å². The third-order valence-corrected chi connectivity index (χ3v) is 8.42. The molecule has 0 spiro atoms. The molecule has 10 heteroatoms. The van der Waals surface area contributed by atoms with E-state index in [-0.39, 0.29) is 23.1 Å². The predicted octanol–water partition coefficient (Wildman–Crippen LogP) is 4.46. The summed E-state index contributed by atoms with van der Waals surface area (Å²) in [7, 11) is -1.37. The summed E-state index contributed by atoms with van der Waals surface area (Å²) in [4.78, 5) is 28.5. The van der Waals surface area contributed by atoms with Crippen LogP contribution in [0, 0.1) is 13.8 Å². The predicted molar refractivity (Wildman–Crippen MR) is 160 cm³/mol. The molecule has 1 N–H and O–H groups in total. The number of nitrogens with one attached hydrogen (secondary N) is 1. The summed E-state index contributed by atoms with van der Waals surface area (Å²) in [6.45, 7) is 7.41. The van der Waals surface area contributed by atoms with Crippen molar-refractivity contribution >= 4 is 27.5 Å². The van der Waals surface area contributed by atoms with Crippen molar-refractivity contribution in [3.05, 3.63) is 83.4 Å². The van der Waals surface area contributed by atoms with Crippen molar-refractivity contribution in [1.82, 2.24) is 10.2 Å². The van der Waals surface area contributed by atoms with Gasteiger partial charge in [0.2, 0.25) is 11.8 Å². The number of rotatable bonds is 13. The fourth-order valence-electron chi connectivity index (χ4n) is 4.72. The minimum absolute atomic E-state index is 0.0625. The SMILES string of the molecule is CCNC(=O)[C@H](CC)N(Cc1ccccc1)C(=O)CN(c1cc(C)cc(C)c1)S(=O)(=O)c1ccc(OC)c(OC)c1. The maximum atomic E-state index is 14.2. The number of ether oxygens (including phenoxy) is 2. The van der Waals surface area contributed by atoms with Crippen LogP contribution >= 0.6 is 0 Å². The summed E-state index contributed by atoms with van der Waals surface area (Å²) in [5.41, 5.74) is 2.85. The van der Waals surface area contributed by atoms with Gasteiger partial charge in [-0.15, -0.1) is 0 Å². The van der Waals surface area contributed by atoms with E-state index in [1.165, 1.54) is 37.3 Å². The molecule has 1 atom stereocenters. The third kappa shape index (κ3) is 7.58. The van der Waals surface area contributed by atoms with Gasteiger partial charge in [-0.05, 0) is 68.1 Å². The Labute approximate surface area is 243 Å². The molecule has 0 heterocycles. The zero-order valence-electron chi connectivity index (χ0n) is 24.5. The molecular formula is C31H39N3O6S. The highest BCUT2D eigenvalue weighted by Gasteiger charge is 2.34. The first-order chi connectivity index (χ1) is 19.5. The lowest BCUT2D eigenvalue weighted by Gasteiger charge is -2.33. The van der Waals surface area contributed by atoms with Crippen LogP contribution in [0.15, 0.2) is 71.6 Å². The number of aryl methyl sites for hydroxylation is 2. The van der Waals surface area contributed by atoms with E-state index in [0.29, 0.717) is 24.4 Å². The first kappa shape index (κ1) is 31.5. The third-order valence-electron chi connectivity index (χ3n) is 6.65. The van der Waals surface area contributed by atoms with Crippen molar-refractivity contribution in [3.63, 3.8) is 0 Å². The lowest BCUT2D eigenvalue weighted by atomic mass is 10.1. The number of anilines is 1. The van der Waals surface area contributed by atoms with Gasteiger partial charge in [0.05, 0.1) is 24.8 Å². The Kier molecular flexibility index (Phi) is 10.8. The first-order valence-corrected chi connectivity index (χ1v) is 14.9. The van der Waals surface area contributed by atoms with Crippen molar-refractivity contribution in [2.75, 3.05) is 31.6 Å². The summed E-state index contributed by atoms with van der Waals surface area (Å²) in [5, 5.41) is 2.81. The Hall–Kier alpha value is -4.05. The van der Waals surface area contributed by atoms with E-state index >= 15 is 0 Å². The minimum Gasteiger partial charge on any atom is -0.493 e. The maximum Gasteiger partial charge on any atom is 0.264 e. The van der Waals surface area contributed by atoms with Gasteiger partial charge in [-0.1, -0.05) is 43.3 Å². The number of carbonyl (C=O) groups is 2. The van der Waals surface area contributed by atoms with Gasteiger partial charge in [0.15, 0.2) is 11.5 Å². The van der Waals surface area contributed by atoms with Crippen LogP contribution in [0.4, 0.5) is 5.69 Å². The molecule has 9 nitrogen and oxygen atoms in total. The van der Waals surface area contributed by atoms with Gasteiger partial charge < -0.3 is 19.7 Å². The average Bonchev–Trinajstić information content (AvgIpc) is 2.95. The molecule has 0 unspecified atom stereocenters. The van der Waals surface area contributed by atoms with Crippen molar-refractivity contribution in [1.29, 1.82) is 0 Å². The van der Waals surface area contributed by atoms with Gasteiger partial charge >= 0.3 is 0 Å². The zero-order chi connectivity index (χ0) is 30.2. The van der Waals surface area contributed by atoms with Crippen molar-refractivity contribution in [2.24, 2.45) is 0 Å². The molecule has 2 amide bonds. The Morgan fingerprint density at radius 3 is 2.07 bits per heavy atom. The quantitative estimate of drug-likeness (QED) is 0.320. The van der Waals surface area contributed by atoms with Gasteiger partial charge in [-0.3, -0.25) is 13.9 Å². The van der Waals surface area contributed by atoms with E-state index in [1.807, 2.05) is 64.1 Å². The molecule has 3 aromatic rings. The van der Waals surface area contributed by atoms with E-state index in [9.17, 15) is 18.0 Å². The number of sulfonamides is 1. The first-order valence-electron chi connectivity index (χ1n) is 13.5. The molecule has 3 rings (SSSR count). The molecule has 41 heavy (non-hydrogen) atoms. The largest absolute Gasteiger partial charge is 0.493 e. The monoisotopic (exact) mass is 581 g/mol. The number of benzene rings is 3. The Morgan fingerprint density at radius 2 is 1.51 bits per heavy atom. The second kappa shape index (κ2) is 14.0. The van der Waals surface area contributed by atoms with Crippen LogP contribution in [0.3, 0.4) is 0 Å². The van der Waals surface area contributed by atoms with Gasteiger partial charge in [0, 0.05) is 19.2 Å². The fraction of sp³-hybridized carbons (Fsp3) is 0.355. The number of nitrogens with zero attached hydrogens (tertiary/aromatic N) is 2. The van der Waals surface area contributed by atoms with E-state index in [0.717, 1.165) is 21.0 Å². The van der Waals surface area contributed by atoms with Crippen LogP contribution in [0.2, 0.25) is 0 Å². The molecule has 3 aromatic carbocycles. The Balaban J connectivity index is 2.13. The molecular weight excluding hydrogens is 542 g/mol. The zero-order valence-corrected chi connectivity index (χ0v) is 25.3. The lowest BCUT2D eigenvalue weighted by Crippen LogP contribution is -2.52. The van der Waals surface area contributed by atoms with Gasteiger partial charge in [-0.2, -0.15) is 0 Å². The van der Waals surface area contributed by atoms with E-state index in [4.69, 9.17) is 9.47 Å². The van der Waals surface area contributed by atoms with E-state index < -0.39 is 28.5 Å². The summed E-state index contributed by atoms with van der Waals surface area (Å²) in [6, 6.07) is 18.2. The smallest absolute Gasteiger partial charge is 0.264 e. The number of hydrogen-bond donors (Lipinski definition) is 1. The van der Waals surface area contributed by atoms with Crippen LogP contribution in [-0.2, 0) is 26.2 Å². The normalized spacial score (nSPS) is 11.9. The van der Waals surface area contributed by atoms with Gasteiger partial charge in [0.25, 0.3) is 10.0 Å². The molecule has 0 saturated heterocycles. The number of carbonyl (C=O) groups excluding carboxylic acids is 2. The van der Waals surface area contributed by atoms with Crippen LogP contribution in [0.1, 0.15) is 37.0 Å². The molecule has 0 radical (unpaired) electrons. The van der Waals surface area contributed by atoms with E-state index in [1.54, 1.807) is 12.1 Å². The Bertz CT molecular complexity index is 1440. The molecule has 0 aromatic heterocycles. The number of likely N-dealkylation sites (N-methyl/N-ethyl adjacent to an activating group) is 1. The molecule has 0 saturated carbocycles. The second-order valence-corrected chi connectivity index (χ2v) is 11.6. The van der Waals surface area contributed by atoms with Crippen LogP contribution in [0.25, 0.3) is 0 Å². The molecule has 0 bridgehead atoms. The summed E-state index contributed by atoms with van der Waals surface area (Å²) < 4.78 is 40.1. The highest BCUT2D eigenvalue weighted by atomic mass is 32.2. The maximum absolute atomic E-state index is 14.2. The standard InChI is InChI=1S/C31H39N3O6S/c1-7-27(31(36)32-8-2)33(20-24-12-10-9-11-13-24)30(35)21-34(25-17-22(3)16-23(4)18-25)41(37,38)26-14-15-28(39-5)29(19-26)40-6/h9-19,27H,7-8,20-21H2,1-6H3,(H,32,36)/t27-/m0/s1. The fourth-order valence-corrected chi connectivity index (χ4v) is 6.13. The topological polar surface area (TPSA) is 105 Å². The minimum atomic E-state index is -4.26. The van der Waals surface area contributed by atoms with Crippen LogP contribution in [0.5, 0.6) is 11.5 Å². The number of amides is 2. The summed E-state index contributed by atoms with van der Waals surface area (Å²) in [6.07, 6.45) is 0.358. The van der Waals surface area contributed by atoms with Gasteiger partial charge in [-0.25, -0.2) is 8.42 Å².